The lowest BCUT2D eigenvalue weighted by molar-refractivity contribution is -0.131. The smallest absolute Gasteiger partial charge is 0.308 e. The van der Waals surface area contributed by atoms with Gasteiger partial charge in [0.05, 0.1) is 26.9 Å². The fourth-order valence-corrected chi connectivity index (χ4v) is 3.73. The van der Waals surface area contributed by atoms with E-state index in [0.717, 1.165) is 0 Å². The Kier molecular flexibility index (Phi) is 5.53. The SMILES string of the molecule is COc1ccc(-c2cc(=O)c3c(OC(C)=O)c4c(c(OC)c3o2)OC(C)(C)C=C4)cc1OC. The van der Waals surface area contributed by atoms with Crippen molar-refractivity contribution in [3.8, 4) is 40.1 Å². The molecule has 172 valence electrons. The molecule has 0 spiro atoms. The molecule has 33 heavy (non-hydrogen) atoms. The molecular weight excluding hydrogens is 428 g/mol. The first kappa shape index (κ1) is 22.3. The van der Waals surface area contributed by atoms with Gasteiger partial charge < -0.3 is 28.1 Å². The van der Waals surface area contributed by atoms with E-state index in [2.05, 4.69) is 0 Å². The first-order valence-corrected chi connectivity index (χ1v) is 10.2. The number of carbonyl (C=O) groups excluding carboxylic acids is 1. The molecule has 0 saturated heterocycles. The molecule has 1 aromatic heterocycles. The second kappa shape index (κ2) is 8.20. The normalized spacial score (nSPS) is 13.8. The lowest BCUT2D eigenvalue weighted by Crippen LogP contribution is -2.28. The van der Waals surface area contributed by atoms with Gasteiger partial charge in [-0.05, 0) is 44.2 Å². The van der Waals surface area contributed by atoms with Gasteiger partial charge >= 0.3 is 5.97 Å². The Labute approximate surface area is 190 Å². The summed E-state index contributed by atoms with van der Waals surface area (Å²) in [5.41, 5.74) is 0.0667. The summed E-state index contributed by atoms with van der Waals surface area (Å²) in [5.74, 6) is 1.32. The molecule has 1 aliphatic heterocycles. The van der Waals surface area contributed by atoms with Crippen molar-refractivity contribution in [1.82, 2.24) is 0 Å². The molecule has 0 saturated carbocycles. The van der Waals surface area contributed by atoms with Crippen molar-refractivity contribution in [3.05, 3.63) is 46.1 Å². The highest BCUT2D eigenvalue weighted by Crippen LogP contribution is 2.49. The highest BCUT2D eigenvalue weighted by Gasteiger charge is 2.32. The Balaban J connectivity index is 2.06. The molecule has 0 radical (unpaired) electrons. The van der Waals surface area contributed by atoms with Gasteiger partial charge in [0, 0.05) is 18.6 Å². The molecule has 0 aliphatic carbocycles. The quantitative estimate of drug-likeness (QED) is 0.410. The van der Waals surface area contributed by atoms with Crippen LogP contribution in [0.2, 0.25) is 0 Å². The third-order valence-electron chi connectivity index (χ3n) is 5.21. The summed E-state index contributed by atoms with van der Waals surface area (Å²) in [4.78, 5) is 25.2. The number of carbonyl (C=O) groups is 1. The summed E-state index contributed by atoms with van der Waals surface area (Å²) in [6.45, 7) is 5.01. The van der Waals surface area contributed by atoms with Crippen LogP contribution in [0.15, 0.2) is 39.6 Å². The Morgan fingerprint density at radius 1 is 0.970 bits per heavy atom. The predicted molar refractivity (Wildman–Crippen MR) is 123 cm³/mol. The lowest BCUT2D eigenvalue weighted by atomic mass is 9.98. The summed E-state index contributed by atoms with van der Waals surface area (Å²) in [6, 6.07) is 6.48. The van der Waals surface area contributed by atoms with E-state index in [4.69, 9.17) is 28.1 Å². The predicted octanol–water partition coefficient (Wildman–Crippen LogP) is 4.60. The number of fused-ring (bicyclic) bond motifs is 2. The van der Waals surface area contributed by atoms with Crippen LogP contribution in [0, 0.1) is 0 Å². The van der Waals surface area contributed by atoms with E-state index >= 15 is 0 Å². The van der Waals surface area contributed by atoms with Crippen molar-refractivity contribution in [1.29, 1.82) is 0 Å². The molecule has 0 unspecified atom stereocenters. The van der Waals surface area contributed by atoms with Crippen molar-refractivity contribution < 1.29 is 32.9 Å². The zero-order valence-corrected chi connectivity index (χ0v) is 19.2. The maximum Gasteiger partial charge on any atom is 0.308 e. The third-order valence-corrected chi connectivity index (χ3v) is 5.21. The molecule has 2 heterocycles. The van der Waals surface area contributed by atoms with Crippen LogP contribution in [-0.2, 0) is 4.79 Å². The number of hydrogen-bond donors (Lipinski definition) is 0. The van der Waals surface area contributed by atoms with E-state index in [0.29, 0.717) is 28.4 Å². The Bertz CT molecular complexity index is 1350. The maximum absolute atomic E-state index is 13.3. The van der Waals surface area contributed by atoms with Crippen LogP contribution in [0.3, 0.4) is 0 Å². The summed E-state index contributed by atoms with van der Waals surface area (Å²) in [6.07, 6.45) is 3.56. The van der Waals surface area contributed by atoms with Crippen molar-refractivity contribution in [2.45, 2.75) is 26.4 Å². The van der Waals surface area contributed by atoms with Crippen LogP contribution in [-0.4, -0.2) is 32.9 Å². The topological polar surface area (TPSA) is 93.4 Å². The van der Waals surface area contributed by atoms with Crippen LogP contribution in [0.5, 0.6) is 28.7 Å². The van der Waals surface area contributed by atoms with E-state index in [-0.39, 0.29) is 28.2 Å². The van der Waals surface area contributed by atoms with Crippen molar-refractivity contribution in [3.63, 3.8) is 0 Å². The second-order valence-electron chi connectivity index (χ2n) is 7.99. The fraction of sp³-hybridized carbons (Fsp3) is 0.280. The van der Waals surface area contributed by atoms with Gasteiger partial charge in [-0.3, -0.25) is 9.59 Å². The average molecular weight is 452 g/mol. The summed E-state index contributed by atoms with van der Waals surface area (Å²) in [5, 5.41) is 0.0815. The minimum atomic E-state index is -0.650. The van der Waals surface area contributed by atoms with E-state index in [1.54, 1.807) is 24.3 Å². The molecule has 1 aliphatic rings. The highest BCUT2D eigenvalue weighted by atomic mass is 16.5. The molecule has 0 bridgehead atoms. The van der Waals surface area contributed by atoms with Crippen LogP contribution < -0.4 is 29.1 Å². The summed E-state index contributed by atoms with van der Waals surface area (Å²) >= 11 is 0. The summed E-state index contributed by atoms with van der Waals surface area (Å²) in [7, 11) is 4.51. The maximum atomic E-state index is 13.3. The van der Waals surface area contributed by atoms with Gasteiger partial charge in [0.1, 0.15) is 16.7 Å². The molecule has 2 aromatic carbocycles. The zero-order chi connectivity index (χ0) is 23.9. The number of methoxy groups -OCH3 is 3. The minimum absolute atomic E-state index is 0.0626. The molecule has 0 N–H and O–H groups in total. The molecule has 8 heteroatoms. The van der Waals surface area contributed by atoms with Gasteiger partial charge in [0.2, 0.25) is 5.75 Å². The number of esters is 1. The lowest BCUT2D eigenvalue weighted by Gasteiger charge is -2.30. The van der Waals surface area contributed by atoms with Crippen LogP contribution >= 0.6 is 0 Å². The first-order chi connectivity index (χ1) is 15.7. The number of rotatable bonds is 5. The van der Waals surface area contributed by atoms with Crippen molar-refractivity contribution in [2.24, 2.45) is 0 Å². The minimum Gasteiger partial charge on any atom is -0.493 e. The largest absolute Gasteiger partial charge is 0.493 e. The monoisotopic (exact) mass is 452 g/mol. The molecule has 8 nitrogen and oxygen atoms in total. The molecule has 4 rings (SSSR count). The van der Waals surface area contributed by atoms with Gasteiger partial charge in [-0.25, -0.2) is 0 Å². The van der Waals surface area contributed by atoms with E-state index in [1.807, 2.05) is 19.9 Å². The van der Waals surface area contributed by atoms with Crippen LogP contribution in [0.4, 0.5) is 0 Å². The number of ether oxygens (including phenoxy) is 5. The van der Waals surface area contributed by atoms with E-state index < -0.39 is 17.0 Å². The standard InChI is InChI=1S/C25H24O8/c1-13(26)31-21-15-9-10-25(2,3)33-22(15)24(30-6)23-20(21)16(27)12-18(32-23)14-7-8-17(28-4)19(11-14)29-5/h7-12H,1-6H3. The Hall–Kier alpha value is -3.94. The van der Waals surface area contributed by atoms with Gasteiger partial charge in [-0.15, -0.1) is 0 Å². The number of benzene rings is 2. The molecule has 0 amide bonds. The third kappa shape index (κ3) is 3.88. The van der Waals surface area contributed by atoms with Crippen LogP contribution in [0.1, 0.15) is 26.3 Å². The Morgan fingerprint density at radius 3 is 2.33 bits per heavy atom. The first-order valence-electron chi connectivity index (χ1n) is 10.2. The van der Waals surface area contributed by atoms with Crippen LogP contribution in [0.25, 0.3) is 28.4 Å². The van der Waals surface area contributed by atoms with Gasteiger partial charge in [-0.1, -0.05) is 0 Å². The average Bonchev–Trinajstić information content (AvgIpc) is 2.77. The Morgan fingerprint density at radius 2 is 1.70 bits per heavy atom. The summed E-state index contributed by atoms with van der Waals surface area (Å²) < 4.78 is 34.0. The molecule has 0 fully saturated rings. The second-order valence-corrected chi connectivity index (χ2v) is 7.99. The van der Waals surface area contributed by atoms with Crippen molar-refractivity contribution in [2.75, 3.05) is 21.3 Å². The van der Waals surface area contributed by atoms with E-state index in [9.17, 15) is 9.59 Å². The molecular formula is C25H24O8. The van der Waals surface area contributed by atoms with Crippen molar-refractivity contribution >= 4 is 23.0 Å². The van der Waals surface area contributed by atoms with Gasteiger partial charge in [0.25, 0.3) is 0 Å². The molecule has 3 aromatic rings. The van der Waals surface area contributed by atoms with Gasteiger partial charge in [-0.2, -0.15) is 0 Å². The van der Waals surface area contributed by atoms with E-state index in [1.165, 1.54) is 34.3 Å². The zero-order valence-electron chi connectivity index (χ0n) is 19.2. The fourth-order valence-electron chi connectivity index (χ4n) is 3.73. The van der Waals surface area contributed by atoms with Gasteiger partial charge in [0.15, 0.2) is 34.0 Å². The molecule has 0 atom stereocenters. The highest BCUT2D eigenvalue weighted by molar-refractivity contribution is 5.98. The number of hydrogen-bond acceptors (Lipinski definition) is 8.